The van der Waals surface area contributed by atoms with Crippen molar-refractivity contribution in [2.45, 2.75) is 0 Å². The molecule has 1 aromatic rings. The van der Waals surface area contributed by atoms with Gasteiger partial charge in [-0.25, -0.2) is 4.98 Å². The summed E-state index contributed by atoms with van der Waals surface area (Å²) >= 11 is 6.66. The summed E-state index contributed by atoms with van der Waals surface area (Å²) in [4.78, 5) is 3.68. The van der Waals surface area contributed by atoms with Gasteiger partial charge in [0.05, 0.1) is 6.20 Å². The number of rotatable bonds is 0. The standard InChI is InChI=1S/C3H3ClN2S/c4-3-6-1-2(5)7-3/h1H,5H2. The molecule has 0 unspecified atom stereocenters. The van der Waals surface area contributed by atoms with Crippen LogP contribution in [0.4, 0.5) is 5.00 Å². The molecule has 1 rings (SSSR count). The first-order valence-electron chi connectivity index (χ1n) is 1.66. The molecule has 0 saturated heterocycles. The summed E-state index contributed by atoms with van der Waals surface area (Å²) in [7, 11) is 0. The van der Waals surface area contributed by atoms with Gasteiger partial charge in [0.25, 0.3) is 0 Å². The van der Waals surface area contributed by atoms with E-state index in [2.05, 4.69) is 4.98 Å². The van der Waals surface area contributed by atoms with Crippen LogP contribution in [0.25, 0.3) is 0 Å². The fourth-order valence-electron chi connectivity index (χ4n) is 0.264. The van der Waals surface area contributed by atoms with Gasteiger partial charge in [-0.2, -0.15) is 0 Å². The lowest BCUT2D eigenvalue weighted by Crippen LogP contribution is -1.73. The Morgan fingerprint density at radius 3 is 2.71 bits per heavy atom. The molecule has 0 saturated carbocycles. The van der Waals surface area contributed by atoms with Gasteiger partial charge < -0.3 is 5.73 Å². The van der Waals surface area contributed by atoms with Crippen LogP contribution in [0.1, 0.15) is 0 Å². The Bertz CT molecular complexity index is 145. The first-order chi connectivity index (χ1) is 3.29. The summed E-state index contributed by atoms with van der Waals surface area (Å²) in [5.74, 6) is 0. The molecule has 0 aromatic carbocycles. The Labute approximate surface area is 49.9 Å². The zero-order valence-corrected chi connectivity index (χ0v) is 4.96. The van der Waals surface area contributed by atoms with Crippen molar-refractivity contribution in [2.75, 3.05) is 5.73 Å². The molecule has 0 aliphatic rings. The van der Waals surface area contributed by atoms with Gasteiger partial charge in [0.1, 0.15) is 5.00 Å². The second kappa shape index (κ2) is 1.68. The number of anilines is 1. The van der Waals surface area contributed by atoms with E-state index in [0.717, 1.165) is 0 Å². The lowest BCUT2D eigenvalue weighted by Gasteiger charge is -1.68. The van der Waals surface area contributed by atoms with Crippen molar-refractivity contribution in [3.05, 3.63) is 10.7 Å². The number of nitrogens with two attached hydrogens (primary N) is 1. The second-order valence-corrected chi connectivity index (χ2v) is 2.66. The van der Waals surface area contributed by atoms with Crippen molar-refractivity contribution in [2.24, 2.45) is 0 Å². The van der Waals surface area contributed by atoms with Crippen LogP contribution < -0.4 is 5.73 Å². The third-order valence-corrected chi connectivity index (χ3v) is 1.44. The van der Waals surface area contributed by atoms with Crippen LogP contribution >= 0.6 is 22.9 Å². The minimum atomic E-state index is 0.498. The highest BCUT2D eigenvalue weighted by Gasteiger charge is 1.89. The predicted molar refractivity (Wildman–Crippen MR) is 31.5 cm³/mol. The van der Waals surface area contributed by atoms with Crippen LogP contribution in [0.5, 0.6) is 0 Å². The fourth-order valence-corrected chi connectivity index (χ4v) is 0.986. The van der Waals surface area contributed by atoms with Crippen LogP contribution in [0.15, 0.2) is 6.20 Å². The largest absolute Gasteiger partial charge is 0.389 e. The second-order valence-electron chi connectivity index (χ2n) is 1.02. The Hall–Kier alpha value is -0.280. The molecule has 1 heterocycles. The molecule has 0 radical (unpaired) electrons. The minimum absolute atomic E-state index is 0.498. The van der Waals surface area contributed by atoms with Gasteiger partial charge in [0.15, 0.2) is 4.47 Å². The van der Waals surface area contributed by atoms with E-state index in [0.29, 0.717) is 9.47 Å². The number of aromatic nitrogens is 1. The average Bonchev–Trinajstić information content (AvgIpc) is 1.87. The van der Waals surface area contributed by atoms with Gasteiger partial charge >= 0.3 is 0 Å². The normalized spacial score (nSPS) is 9.29. The van der Waals surface area contributed by atoms with Crippen molar-refractivity contribution >= 4 is 27.9 Å². The van der Waals surface area contributed by atoms with E-state index < -0.39 is 0 Å². The monoisotopic (exact) mass is 134 g/mol. The average molecular weight is 135 g/mol. The summed E-state index contributed by atoms with van der Waals surface area (Å²) in [6, 6.07) is 0. The van der Waals surface area contributed by atoms with Crippen molar-refractivity contribution in [1.82, 2.24) is 4.98 Å². The van der Waals surface area contributed by atoms with E-state index >= 15 is 0 Å². The van der Waals surface area contributed by atoms with Crippen molar-refractivity contribution in [1.29, 1.82) is 0 Å². The van der Waals surface area contributed by atoms with E-state index in [-0.39, 0.29) is 0 Å². The van der Waals surface area contributed by atoms with Crippen LogP contribution in [-0.2, 0) is 0 Å². The third kappa shape index (κ3) is 1.04. The van der Waals surface area contributed by atoms with E-state index in [1.165, 1.54) is 17.5 Å². The quantitative estimate of drug-likeness (QED) is 0.582. The molecule has 4 heteroatoms. The van der Waals surface area contributed by atoms with Gasteiger partial charge in [-0.05, 0) is 0 Å². The Morgan fingerprint density at radius 1 is 1.86 bits per heavy atom. The molecule has 0 aliphatic carbocycles. The molecule has 2 nitrogen and oxygen atoms in total. The van der Waals surface area contributed by atoms with Crippen LogP contribution in [0, 0.1) is 0 Å². The van der Waals surface area contributed by atoms with E-state index in [1.54, 1.807) is 0 Å². The van der Waals surface area contributed by atoms with Crippen molar-refractivity contribution in [3.63, 3.8) is 0 Å². The summed E-state index contributed by atoms with van der Waals surface area (Å²) in [6.07, 6.45) is 1.53. The fraction of sp³-hybridized carbons (Fsp3) is 0. The van der Waals surface area contributed by atoms with Crippen LogP contribution in [0.2, 0.25) is 4.47 Å². The SMILES string of the molecule is Nc1cnc(Cl)s1. The van der Waals surface area contributed by atoms with Crippen molar-refractivity contribution < 1.29 is 0 Å². The smallest absolute Gasteiger partial charge is 0.185 e. The molecule has 0 aliphatic heterocycles. The highest BCUT2D eigenvalue weighted by Crippen LogP contribution is 2.18. The van der Waals surface area contributed by atoms with E-state index in [9.17, 15) is 0 Å². The number of nitrogen functional groups attached to an aromatic ring is 1. The molecule has 0 bridgehead atoms. The zero-order valence-electron chi connectivity index (χ0n) is 3.39. The van der Waals surface area contributed by atoms with Gasteiger partial charge in [0.2, 0.25) is 0 Å². The third-order valence-electron chi connectivity index (χ3n) is 0.495. The maximum Gasteiger partial charge on any atom is 0.185 e. The molecule has 38 valence electrons. The number of thiazole rings is 1. The van der Waals surface area contributed by atoms with E-state index in [4.69, 9.17) is 17.3 Å². The molecular formula is C3H3ClN2S. The van der Waals surface area contributed by atoms with Gasteiger partial charge in [-0.1, -0.05) is 22.9 Å². The maximum absolute atomic E-state index is 5.39. The van der Waals surface area contributed by atoms with Crippen molar-refractivity contribution in [3.8, 4) is 0 Å². The first-order valence-corrected chi connectivity index (χ1v) is 2.85. The van der Waals surface area contributed by atoms with Gasteiger partial charge in [-0.3, -0.25) is 0 Å². The topological polar surface area (TPSA) is 38.9 Å². The van der Waals surface area contributed by atoms with E-state index in [1.807, 2.05) is 0 Å². The highest BCUT2D eigenvalue weighted by molar-refractivity contribution is 7.19. The number of hydrogen-bond donors (Lipinski definition) is 1. The molecular weight excluding hydrogens is 132 g/mol. The summed E-state index contributed by atoms with van der Waals surface area (Å²) < 4.78 is 0.498. The van der Waals surface area contributed by atoms with Crippen LogP contribution in [0.3, 0.4) is 0 Å². The Kier molecular flexibility index (Phi) is 1.17. The summed E-state index contributed by atoms with van der Waals surface area (Å²) in [5.41, 5.74) is 5.25. The minimum Gasteiger partial charge on any atom is -0.389 e. The number of halogens is 1. The zero-order chi connectivity index (χ0) is 5.28. The maximum atomic E-state index is 5.39. The Balaban J connectivity index is 3.04. The molecule has 7 heavy (non-hydrogen) atoms. The van der Waals surface area contributed by atoms with Crippen LogP contribution in [-0.4, -0.2) is 4.98 Å². The molecule has 0 fully saturated rings. The predicted octanol–water partition coefficient (Wildman–Crippen LogP) is 1.38. The number of hydrogen-bond acceptors (Lipinski definition) is 3. The molecule has 1 aromatic heterocycles. The first kappa shape index (κ1) is 4.87. The molecule has 0 spiro atoms. The lowest BCUT2D eigenvalue weighted by atomic mass is 10.9. The van der Waals surface area contributed by atoms with Gasteiger partial charge in [0, 0.05) is 0 Å². The summed E-state index contributed by atoms with van der Waals surface area (Å²) in [6.45, 7) is 0. The highest BCUT2D eigenvalue weighted by atomic mass is 35.5. The van der Waals surface area contributed by atoms with Gasteiger partial charge in [-0.15, -0.1) is 0 Å². The molecule has 0 amide bonds. The molecule has 2 N–H and O–H groups in total. The molecule has 0 atom stereocenters. The number of nitrogens with zero attached hydrogens (tertiary/aromatic N) is 1. The Morgan fingerprint density at radius 2 is 2.57 bits per heavy atom. The lowest BCUT2D eigenvalue weighted by molar-refractivity contribution is 1.43. The summed E-state index contributed by atoms with van der Waals surface area (Å²) in [5, 5.41) is 0.657.